The van der Waals surface area contributed by atoms with Gasteiger partial charge in [0.1, 0.15) is 22.7 Å². The molecule has 1 amide bonds. The van der Waals surface area contributed by atoms with Crippen LogP contribution in [0.25, 0.3) is 11.1 Å². The molecule has 2 aromatic heterocycles. The second-order valence-electron chi connectivity index (χ2n) is 7.08. The highest BCUT2D eigenvalue weighted by atomic mass is 32.1. The van der Waals surface area contributed by atoms with Gasteiger partial charge in [-0.1, -0.05) is 30.3 Å². The summed E-state index contributed by atoms with van der Waals surface area (Å²) in [6.45, 7) is 8.20. The van der Waals surface area contributed by atoms with Gasteiger partial charge in [0.25, 0.3) is 5.91 Å². The number of rotatable bonds is 5. The predicted molar refractivity (Wildman–Crippen MR) is 119 cm³/mol. The van der Waals surface area contributed by atoms with Gasteiger partial charge in [-0.25, -0.2) is 0 Å². The fourth-order valence-electron chi connectivity index (χ4n) is 3.32. The standard InChI is InChI=1S/C24H22N4OS/c1-15-10-20(17(3)28(15)24-22(13-26)16(2)18(4)30-24)11-21(12-25)23(29)27-14-19-8-6-5-7-9-19/h5-11H,14H2,1-4H3,(H,27,29)/b21-11-. The number of aryl methyl sites for hydroxylation is 2. The topological polar surface area (TPSA) is 81.6 Å². The van der Waals surface area contributed by atoms with E-state index in [2.05, 4.69) is 11.4 Å². The molecule has 30 heavy (non-hydrogen) atoms. The third kappa shape index (κ3) is 4.05. The number of carbonyl (C=O) groups is 1. The maximum Gasteiger partial charge on any atom is 0.262 e. The first-order valence-corrected chi connectivity index (χ1v) is 10.3. The van der Waals surface area contributed by atoms with Crippen LogP contribution in [0.1, 0.15) is 38.5 Å². The first kappa shape index (κ1) is 21.1. The van der Waals surface area contributed by atoms with E-state index in [4.69, 9.17) is 0 Å². The molecule has 0 fully saturated rings. The Morgan fingerprint density at radius 1 is 1.17 bits per heavy atom. The predicted octanol–water partition coefficient (Wildman–Crippen LogP) is 4.87. The number of amides is 1. The van der Waals surface area contributed by atoms with E-state index in [1.165, 1.54) is 0 Å². The van der Waals surface area contributed by atoms with Crippen LogP contribution >= 0.6 is 11.3 Å². The fourth-order valence-corrected chi connectivity index (χ4v) is 4.54. The zero-order valence-electron chi connectivity index (χ0n) is 17.4. The van der Waals surface area contributed by atoms with Crippen molar-refractivity contribution in [3.63, 3.8) is 0 Å². The molecule has 5 nitrogen and oxygen atoms in total. The second-order valence-corrected chi connectivity index (χ2v) is 8.28. The Labute approximate surface area is 180 Å². The molecule has 0 saturated heterocycles. The van der Waals surface area contributed by atoms with Gasteiger partial charge in [-0.3, -0.25) is 4.79 Å². The molecule has 6 heteroatoms. The summed E-state index contributed by atoms with van der Waals surface area (Å²) >= 11 is 1.57. The van der Waals surface area contributed by atoms with Crippen molar-refractivity contribution in [3.8, 4) is 17.1 Å². The minimum atomic E-state index is -0.410. The summed E-state index contributed by atoms with van der Waals surface area (Å²) in [5.74, 6) is -0.410. The Morgan fingerprint density at radius 2 is 1.87 bits per heavy atom. The lowest BCUT2D eigenvalue weighted by molar-refractivity contribution is -0.117. The lowest BCUT2D eigenvalue weighted by atomic mass is 10.1. The van der Waals surface area contributed by atoms with Crippen LogP contribution in [0.4, 0.5) is 0 Å². The number of aromatic nitrogens is 1. The lowest BCUT2D eigenvalue weighted by Crippen LogP contribution is -2.23. The highest BCUT2D eigenvalue weighted by molar-refractivity contribution is 7.14. The Balaban J connectivity index is 1.93. The highest BCUT2D eigenvalue weighted by Crippen LogP contribution is 2.33. The molecule has 2 heterocycles. The van der Waals surface area contributed by atoms with Gasteiger partial charge in [-0.05, 0) is 56.5 Å². The van der Waals surface area contributed by atoms with Crippen LogP contribution in [0.3, 0.4) is 0 Å². The quantitative estimate of drug-likeness (QED) is 0.478. The van der Waals surface area contributed by atoms with Gasteiger partial charge in [-0.2, -0.15) is 10.5 Å². The maximum atomic E-state index is 12.5. The van der Waals surface area contributed by atoms with Gasteiger partial charge in [0.05, 0.1) is 5.56 Å². The molecule has 3 rings (SSSR count). The van der Waals surface area contributed by atoms with E-state index >= 15 is 0 Å². The SMILES string of the molecule is Cc1sc(-n2c(C)cc(/C=C(/C#N)C(=O)NCc3ccccc3)c2C)c(C#N)c1C. The Morgan fingerprint density at radius 3 is 2.50 bits per heavy atom. The fraction of sp³-hybridized carbons (Fsp3) is 0.208. The smallest absolute Gasteiger partial charge is 0.262 e. The zero-order valence-corrected chi connectivity index (χ0v) is 18.2. The average Bonchev–Trinajstić information content (AvgIpc) is 3.18. The number of carbonyl (C=O) groups excluding carboxylic acids is 1. The molecule has 0 radical (unpaired) electrons. The first-order chi connectivity index (χ1) is 14.4. The normalized spacial score (nSPS) is 11.1. The van der Waals surface area contributed by atoms with Crippen LogP contribution < -0.4 is 5.32 Å². The van der Waals surface area contributed by atoms with Crippen molar-refractivity contribution < 1.29 is 4.79 Å². The molecule has 1 aromatic carbocycles. The third-order valence-electron chi connectivity index (χ3n) is 5.11. The van der Waals surface area contributed by atoms with Crippen molar-refractivity contribution in [2.45, 2.75) is 34.2 Å². The van der Waals surface area contributed by atoms with Gasteiger partial charge in [0.2, 0.25) is 0 Å². The van der Waals surface area contributed by atoms with Crippen LogP contribution in [0.2, 0.25) is 0 Å². The Hall–Kier alpha value is -3.61. The minimum absolute atomic E-state index is 0.0465. The lowest BCUT2D eigenvalue weighted by Gasteiger charge is -2.08. The molecule has 0 saturated carbocycles. The largest absolute Gasteiger partial charge is 0.347 e. The van der Waals surface area contributed by atoms with E-state index in [0.29, 0.717) is 12.1 Å². The molecular weight excluding hydrogens is 392 g/mol. The van der Waals surface area contributed by atoms with E-state index in [9.17, 15) is 15.3 Å². The molecule has 150 valence electrons. The van der Waals surface area contributed by atoms with E-state index in [0.717, 1.165) is 38.0 Å². The van der Waals surface area contributed by atoms with Gasteiger partial charge in [0, 0.05) is 22.8 Å². The number of hydrogen-bond donors (Lipinski definition) is 1. The van der Waals surface area contributed by atoms with E-state index in [-0.39, 0.29) is 5.57 Å². The zero-order chi connectivity index (χ0) is 21.8. The molecule has 3 aromatic rings. The van der Waals surface area contributed by atoms with Gasteiger partial charge in [0.15, 0.2) is 0 Å². The van der Waals surface area contributed by atoms with E-state index in [1.807, 2.05) is 74.7 Å². The second kappa shape index (κ2) is 8.82. The maximum absolute atomic E-state index is 12.5. The summed E-state index contributed by atoms with van der Waals surface area (Å²) < 4.78 is 2.02. The first-order valence-electron chi connectivity index (χ1n) is 9.50. The molecule has 0 aliphatic rings. The van der Waals surface area contributed by atoms with Crippen LogP contribution in [-0.4, -0.2) is 10.5 Å². The van der Waals surface area contributed by atoms with Crippen molar-refractivity contribution in [1.82, 2.24) is 9.88 Å². The molecule has 0 spiro atoms. The monoisotopic (exact) mass is 414 g/mol. The molecule has 0 unspecified atom stereocenters. The summed E-state index contributed by atoms with van der Waals surface area (Å²) in [6, 6.07) is 15.8. The van der Waals surface area contributed by atoms with Crippen LogP contribution in [0.15, 0.2) is 42.0 Å². The van der Waals surface area contributed by atoms with Crippen molar-refractivity contribution in [3.05, 3.63) is 80.5 Å². The number of nitrogens with one attached hydrogen (secondary N) is 1. The molecule has 0 aliphatic heterocycles. The van der Waals surface area contributed by atoms with E-state index < -0.39 is 5.91 Å². The number of nitrogens with zero attached hydrogens (tertiary/aromatic N) is 3. The number of hydrogen-bond acceptors (Lipinski definition) is 4. The molecule has 0 bridgehead atoms. The molecule has 0 aliphatic carbocycles. The van der Waals surface area contributed by atoms with Crippen LogP contribution in [0, 0.1) is 50.4 Å². The van der Waals surface area contributed by atoms with Gasteiger partial charge >= 0.3 is 0 Å². The minimum Gasteiger partial charge on any atom is -0.347 e. The van der Waals surface area contributed by atoms with Crippen LogP contribution in [0.5, 0.6) is 0 Å². The summed E-state index contributed by atoms with van der Waals surface area (Å²) in [5.41, 5.74) is 5.27. The van der Waals surface area contributed by atoms with Crippen molar-refractivity contribution >= 4 is 23.3 Å². The number of nitriles is 2. The summed E-state index contributed by atoms with van der Waals surface area (Å²) in [4.78, 5) is 13.6. The third-order valence-corrected chi connectivity index (χ3v) is 6.31. The molecular formula is C24H22N4OS. The summed E-state index contributed by atoms with van der Waals surface area (Å²) in [6.07, 6.45) is 1.61. The Bertz CT molecular complexity index is 1220. The van der Waals surface area contributed by atoms with Crippen molar-refractivity contribution in [2.75, 3.05) is 0 Å². The summed E-state index contributed by atoms with van der Waals surface area (Å²) in [7, 11) is 0. The van der Waals surface area contributed by atoms with E-state index in [1.54, 1.807) is 17.4 Å². The Kier molecular flexibility index (Phi) is 6.20. The average molecular weight is 415 g/mol. The number of benzene rings is 1. The van der Waals surface area contributed by atoms with Crippen molar-refractivity contribution in [2.24, 2.45) is 0 Å². The highest BCUT2D eigenvalue weighted by Gasteiger charge is 2.19. The number of thiophene rings is 1. The van der Waals surface area contributed by atoms with Crippen LogP contribution in [-0.2, 0) is 11.3 Å². The van der Waals surface area contributed by atoms with Gasteiger partial charge in [-0.15, -0.1) is 11.3 Å². The van der Waals surface area contributed by atoms with Gasteiger partial charge < -0.3 is 9.88 Å². The summed E-state index contributed by atoms with van der Waals surface area (Å²) in [5, 5.41) is 22.8. The molecule has 0 atom stereocenters. The molecule has 1 N–H and O–H groups in total. The van der Waals surface area contributed by atoms with Crippen molar-refractivity contribution in [1.29, 1.82) is 10.5 Å².